The van der Waals surface area contributed by atoms with Crippen molar-refractivity contribution in [3.05, 3.63) is 35.5 Å². The highest BCUT2D eigenvalue weighted by Crippen LogP contribution is 2.32. The van der Waals surface area contributed by atoms with E-state index in [-0.39, 0.29) is 12.1 Å². The standard InChI is InChI=1S/C16H20N4O4/c1-11-8-17-20(9-11)10-12-6-13(19-24-12)15(23)18-16(7-14(21)22)4-2-3-5-16/h6,8-9H,2-5,7,10H2,1H3,(H,18,23)(H,21,22). The fourth-order valence-electron chi connectivity index (χ4n) is 3.20. The van der Waals surface area contributed by atoms with Crippen LogP contribution in [0.4, 0.5) is 0 Å². The molecule has 0 aromatic carbocycles. The molecule has 0 aliphatic heterocycles. The molecule has 8 heteroatoms. The summed E-state index contributed by atoms with van der Waals surface area (Å²) in [6.45, 7) is 2.32. The molecule has 0 spiro atoms. The third-order valence-corrected chi connectivity index (χ3v) is 4.30. The molecule has 3 rings (SSSR count). The molecule has 128 valence electrons. The van der Waals surface area contributed by atoms with Gasteiger partial charge in [0.15, 0.2) is 11.5 Å². The van der Waals surface area contributed by atoms with Gasteiger partial charge in [0.25, 0.3) is 5.91 Å². The Hall–Kier alpha value is -2.64. The van der Waals surface area contributed by atoms with Gasteiger partial charge in [-0.2, -0.15) is 5.10 Å². The lowest BCUT2D eigenvalue weighted by Crippen LogP contribution is -2.47. The van der Waals surface area contributed by atoms with Crippen LogP contribution in [0.25, 0.3) is 0 Å². The van der Waals surface area contributed by atoms with Gasteiger partial charge in [-0.1, -0.05) is 18.0 Å². The Morgan fingerprint density at radius 1 is 1.42 bits per heavy atom. The number of nitrogens with zero attached hydrogens (tertiary/aromatic N) is 3. The minimum Gasteiger partial charge on any atom is -0.481 e. The van der Waals surface area contributed by atoms with E-state index in [4.69, 9.17) is 9.63 Å². The Bertz CT molecular complexity index is 743. The summed E-state index contributed by atoms with van der Waals surface area (Å²) >= 11 is 0. The van der Waals surface area contributed by atoms with E-state index in [1.165, 1.54) is 0 Å². The van der Waals surface area contributed by atoms with Crippen molar-refractivity contribution in [1.29, 1.82) is 0 Å². The summed E-state index contributed by atoms with van der Waals surface area (Å²) < 4.78 is 6.88. The van der Waals surface area contributed by atoms with Crippen LogP contribution in [0.5, 0.6) is 0 Å². The molecule has 0 radical (unpaired) electrons. The summed E-state index contributed by atoms with van der Waals surface area (Å²) in [6.07, 6.45) is 6.69. The number of hydrogen-bond donors (Lipinski definition) is 2. The molecule has 1 saturated carbocycles. The van der Waals surface area contributed by atoms with Crippen molar-refractivity contribution in [2.24, 2.45) is 0 Å². The maximum absolute atomic E-state index is 12.4. The molecule has 0 unspecified atom stereocenters. The fourth-order valence-corrected chi connectivity index (χ4v) is 3.20. The number of aliphatic carboxylic acids is 1. The third-order valence-electron chi connectivity index (χ3n) is 4.30. The summed E-state index contributed by atoms with van der Waals surface area (Å²) in [7, 11) is 0. The lowest BCUT2D eigenvalue weighted by Gasteiger charge is -2.28. The molecular formula is C16H20N4O4. The van der Waals surface area contributed by atoms with E-state index in [1.54, 1.807) is 16.9 Å². The molecule has 2 N–H and O–H groups in total. The second kappa shape index (κ2) is 6.46. The van der Waals surface area contributed by atoms with Gasteiger partial charge >= 0.3 is 5.97 Å². The number of carboxylic acids is 1. The van der Waals surface area contributed by atoms with E-state index in [1.807, 2.05) is 13.1 Å². The number of carboxylic acid groups (broad SMARTS) is 1. The number of rotatable bonds is 6. The molecule has 0 saturated heterocycles. The summed E-state index contributed by atoms with van der Waals surface area (Å²) in [5.74, 6) is -0.793. The summed E-state index contributed by atoms with van der Waals surface area (Å²) in [5.41, 5.74) is 0.510. The van der Waals surface area contributed by atoms with Crippen molar-refractivity contribution in [2.75, 3.05) is 0 Å². The first-order chi connectivity index (χ1) is 11.5. The molecule has 1 amide bonds. The van der Waals surface area contributed by atoms with Crippen molar-refractivity contribution in [2.45, 2.75) is 51.1 Å². The number of carbonyl (C=O) groups is 2. The van der Waals surface area contributed by atoms with E-state index in [2.05, 4.69) is 15.6 Å². The SMILES string of the molecule is Cc1cnn(Cc2cc(C(=O)NC3(CC(=O)O)CCCC3)no2)c1. The molecule has 8 nitrogen and oxygen atoms in total. The van der Waals surface area contributed by atoms with Gasteiger partial charge < -0.3 is 14.9 Å². The van der Waals surface area contributed by atoms with E-state index in [0.29, 0.717) is 25.1 Å². The Balaban J connectivity index is 1.67. The second-order valence-electron chi connectivity index (χ2n) is 6.41. The van der Waals surface area contributed by atoms with Crippen LogP contribution in [0.3, 0.4) is 0 Å². The summed E-state index contributed by atoms with van der Waals surface area (Å²) in [6, 6.07) is 1.57. The van der Waals surface area contributed by atoms with Crippen LogP contribution in [0.1, 0.15) is 53.9 Å². The van der Waals surface area contributed by atoms with Crippen LogP contribution < -0.4 is 5.32 Å². The average molecular weight is 332 g/mol. The second-order valence-corrected chi connectivity index (χ2v) is 6.41. The quantitative estimate of drug-likeness (QED) is 0.834. The van der Waals surface area contributed by atoms with Gasteiger partial charge in [-0.15, -0.1) is 0 Å². The number of amides is 1. The van der Waals surface area contributed by atoms with Gasteiger partial charge in [0.2, 0.25) is 0 Å². The molecular weight excluding hydrogens is 312 g/mol. The van der Waals surface area contributed by atoms with Gasteiger partial charge in [0, 0.05) is 12.3 Å². The Kier molecular flexibility index (Phi) is 4.37. The van der Waals surface area contributed by atoms with E-state index in [9.17, 15) is 9.59 Å². The van der Waals surface area contributed by atoms with Crippen LogP contribution >= 0.6 is 0 Å². The monoisotopic (exact) mass is 332 g/mol. The molecule has 1 aliphatic carbocycles. The maximum atomic E-state index is 12.4. The van der Waals surface area contributed by atoms with Crippen molar-refractivity contribution < 1.29 is 19.2 Å². The van der Waals surface area contributed by atoms with Crippen molar-refractivity contribution >= 4 is 11.9 Å². The Labute approximate surface area is 138 Å². The van der Waals surface area contributed by atoms with Crippen molar-refractivity contribution in [3.63, 3.8) is 0 Å². The highest BCUT2D eigenvalue weighted by molar-refractivity contribution is 5.93. The largest absolute Gasteiger partial charge is 0.481 e. The summed E-state index contributed by atoms with van der Waals surface area (Å²) in [5, 5.41) is 19.9. The molecule has 24 heavy (non-hydrogen) atoms. The molecule has 1 fully saturated rings. The molecule has 2 heterocycles. The number of carbonyl (C=O) groups excluding carboxylic acids is 1. The number of nitrogens with one attached hydrogen (secondary N) is 1. The number of hydrogen-bond acceptors (Lipinski definition) is 5. The fraction of sp³-hybridized carbons (Fsp3) is 0.500. The lowest BCUT2D eigenvalue weighted by atomic mass is 9.93. The smallest absolute Gasteiger partial charge is 0.305 e. The third kappa shape index (κ3) is 3.64. The summed E-state index contributed by atoms with van der Waals surface area (Å²) in [4.78, 5) is 23.5. The predicted molar refractivity (Wildman–Crippen MR) is 83.5 cm³/mol. The first-order valence-electron chi connectivity index (χ1n) is 7.95. The normalized spacial score (nSPS) is 16.2. The zero-order valence-electron chi connectivity index (χ0n) is 13.5. The minimum absolute atomic E-state index is 0.0734. The van der Waals surface area contributed by atoms with Crippen molar-refractivity contribution in [3.8, 4) is 0 Å². The highest BCUT2D eigenvalue weighted by Gasteiger charge is 2.38. The van der Waals surface area contributed by atoms with Crippen molar-refractivity contribution in [1.82, 2.24) is 20.3 Å². The van der Waals surface area contributed by atoms with Crippen LogP contribution in [0.15, 0.2) is 23.0 Å². The topological polar surface area (TPSA) is 110 Å². The van der Waals surface area contributed by atoms with Gasteiger partial charge in [-0.3, -0.25) is 14.3 Å². The predicted octanol–water partition coefficient (Wildman–Crippen LogP) is 1.75. The number of aryl methyl sites for hydroxylation is 1. The zero-order valence-corrected chi connectivity index (χ0v) is 13.5. The van der Waals surface area contributed by atoms with Crippen LogP contribution in [0, 0.1) is 6.92 Å². The number of aromatic nitrogens is 3. The van der Waals surface area contributed by atoms with E-state index in [0.717, 1.165) is 18.4 Å². The minimum atomic E-state index is -0.910. The lowest BCUT2D eigenvalue weighted by molar-refractivity contribution is -0.138. The molecule has 0 atom stereocenters. The van der Waals surface area contributed by atoms with Crippen LogP contribution in [-0.2, 0) is 11.3 Å². The first-order valence-corrected chi connectivity index (χ1v) is 7.95. The Morgan fingerprint density at radius 2 is 2.17 bits per heavy atom. The van der Waals surface area contributed by atoms with E-state index < -0.39 is 17.4 Å². The first kappa shape index (κ1) is 16.2. The molecule has 2 aromatic heterocycles. The molecule has 1 aliphatic rings. The maximum Gasteiger partial charge on any atom is 0.305 e. The van der Waals surface area contributed by atoms with Crippen LogP contribution in [-0.4, -0.2) is 37.5 Å². The van der Waals surface area contributed by atoms with Crippen LogP contribution in [0.2, 0.25) is 0 Å². The van der Waals surface area contributed by atoms with E-state index >= 15 is 0 Å². The highest BCUT2D eigenvalue weighted by atomic mass is 16.5. The molecule has 0 bridgehead atoms. The van der Waals surface area contributed by atoms with Gasteiger partial charge in [0.05, 0.1) is 18.2 Å². The van der Waals surface area contributed by atoms with Gasteiger partial charge in [-0.25, -0.2) is 0 Å². The molecule has 2 aromatic rings. The Morgan fingerprint density at radius 3 is 2.79 bits per heavy atom. The van der Waals surface area contributed by atoms with Gasteiger partial charge in [-0.05, 0) is 25.3 Å². The van der Waals surface area contributed by atoms with Gasteiger partial charge in [0.1, 0.15) is 6.54 Å². The average Bonchev–Trinajstić information content (AvgIpc) is 3.21. The zero-order chi connectivity index (χ0) is 17.2.